The maximum absolute atomic E-state index is 13.9. The topological polar surface area (TPSA) is 75.2 Å². The van der Waals surface area contributed by atoms with Gasteiger partial charge in [0.2, 0.25) is 0 Å². The highest BCUT2D eigenvalue weighted by molar-refractivity contribution is 6.36. The molecule has 2 aromatic heterocycles. The maximum Gasteiger partial charge on any atom is 0.166 e. The molecule has 0 radical (unpaired) electrons. The summed E-state index contributed by atoms with van der Waals surface area (Å²) >= 11 is 12.3. The summed E-state index contributed by atoms with van der Waals surface area (Å²) in [4.78, 5) is 4.22. The van der Waals surface area contributed by atoms with Crippen LogP contribution in [0, 0.1) is 11.7 Å². The van der Waals surface area contributed by atoms with Crippen LogP contribution in [0.2, 0.25) is 10.0 Å². The first kappa shape index (κ1) is 19.3. The second kappa shape index (κ2) is 9.42. The summed E-state index contributed by atoms with van der Waals surface area (Å²) in [5.41, 5.74) is 7.87. The molecule has 1 aliphatic heterocycles. The molecular weight excluding hydrogens is 442 g/mol. The molecule has 0 spiro atoms. The van der Waals surface area contributed by atoms with Gasteiger partial charge in [-0.2, -0.15) is 5.10 Å². The number of pyridine rings is 1. The fourth-order valence-electron chi connectivity index (χ4n) is 3.48. The average molecular weight is 467 g/mol. The van der Waals surface area contributed by atoms with E-state index in [-0.39, 0.29) is 21.8 Å². The molecule has 2 atom stereocenters. The number of nitrogens with two attached hydrogens (primary N) is 1. The van der Waals surface area contributed by atoms with Gasteiger partial charge in [-0.05, 0) is 43.9 Å². The van der Waals surface area contributed by atoms with E-state index in [0.717, 1.165) is 17.5 Å². The van der Waals surface area contributed by atoms with Crippen molar-refractivity contribution in [3.05, 3.63) is 58.2 Å². The Morgan fingerprint density at radius 3 is 3.00 bits per heavy atom. The Kier molecular flexibility index (Phi) is 5.88. The van der Waals surface area contributed by atoms with Gasteiger partial charge >= 0.3 is 0 Å². The fraction of sp³-hybridized carbons (Fsp3) is 0.364. The van der Waals surface area contributed by atoms with Gasteiger partial charge in [-0.15, -0.1) is 0 Å². The molecule has 0 amide bonds. The molecule has 3 aromatic rings. The van der Waals surface area contributed by atoms with Gasteiger partial charge in [0.25, 0.3) is 0 Å². The SMILES string of the molecule is [2H]C1([2H])CC(Cn2cc(-c3cnc(N)c(O[C@H](C)c4c(Cl)ccc(F)c4Cl)c3)cn2)CCO1. The minimum absolute atomic E-state index is 0.101. The van der Waals surface area contributed by atoms with Crippen LogP contribution in [0.5, 0.6) is 5.75 Å². The number of aromatic nitrogens is 3. The molecule has 1 aromatic carbocycles. The van der Waals surface area contributed by atoms with Crippen molar-refractivity contribution in [2.45, 2.75) is 32.4 Å². The first-order chi connectivity index (χ1) is 15.6. The molecule has 9 heteroatoms. The molecule has 164 valence electrons. The van der Waals surface area contributed by atoms with Crippen molar-refractivity contribution in [2.24, 2.45) is 5.92 Å². The summed E-state index contributed by atoms with van der Waals surface area (Å²) in [6.45, 7) is 1.08. The highest BCUT2D eigenvalue weighted by Crippen LogP contribution is 2.37. The third-order valence-corrected chi connectivity index (χ3v) is 5.90. The summed E-state index contributed by atoms with van der Waals surface area (Å²) in [6, 6.07) is 4.35. The van der Waals surface area contributed by atoms with Crippen LogP contribution in [0.3, 0.4) is 0 Å². The minimum Gasteiger partial charge on any atom is -0.482 e. The zero-order chi connectivity index (χ0) is 23.8. The van der Waals surface area contributed by atoms with Crippen molar-refractivity contribution >= 4 is 29.0 Å². The van der Waals surface area contributed by atoms with Crippen molar-refractivity contribution in [1.82, 2.24) is 14.8 Å². The Bertz CT molecular complexity index is 1160. The van der Waals surface area contributed by atoms with E-state index in [0.29, 0.717) is 30.9 Å². The van der Waals surface area contributed by atoms with Crippen molar-refractivity contribution in [1.29, 1.82) is 0 Å². The van der Waals surface area contributed by atoms with E-state index in [1.807, 2.05) is 6.20 Å². The molecule has 1 aliphatic rings. The normalized spacial score (nSPS) is 20.1. The van der Waals surface area contributed by atoms with Crippen molar-refractivity contribution < 1.29 is 16.6 Å². The number of benzene rings is 1. The lowest BCUT2D eigenvalue weighted by Gasteiger charge is -2.21. The monoisotopic (exact) mass is 466 g/mol. The summed E-state index contributed by atoms with van der Waals surface area (Å²) < 4.78 is 42.4. The van der Waals surface area contributed by atoms with Crippen LogP contribution in [0.25, 0.3) is 11.1 Å². The van der Waals surface area contributed by atoms with E-state index in [9.17, 15) is 4.39 Å². The Labute approximate surface area is 192 Å². The van der Waals surface area contributed by atoms with E-state index >= 15 is 0 Å². The first-order valence-electron chi connectivity index (χ1n) is 10.9. The number of rotatable bonds is 6. The summed E-state index contributed by atoms with van der Waals surface area (Å²) in [6.07, 6.45) is 5.61. The van der Waals surface area contributed by atoms with Crippen molar-refractivity contribution in [3.63, 3.8) is 0 Å². The maximum atomic E-state index is 13.9. The van der Waals surface area contributed by atoms with E-state index in [4.69, 9.17) is 41.2 Å². The van der Waals surface area contributed by atoms with E-state index in [2.05, 4.69) is 10.1 Å². The molecule has 1 fully saturated rings. The molecule has 1 saturated heterocycles. The lowest BCUT2D eigenvalue weighted by atomic mass is 10.0. The Hall–Kier alpha value is -2.35. The molecule has 3 heterocycles. The van der Waals surface area contributed by atoms with Gasteiger partial charge < -0.3 is 15.2 Å². The third kappa shape index (κ3) is 4.95. The summed E-state index contributed by atoms with van der Waals surface area (Å²) in [5, 5.41) is 4.59. The molecule has 0 aliphatic carbocycles. The largest absolute Gasteiger partial charge is 0.482 e. The minimum atomic E-state index is -1.60. The quantitative estimate of drug-likeness (QED) is 0.482. The van der Waals surface area contributed by atoms with Crippen LogP contribution >= 0.6 is 23.2 Å². The second-order valence-corrected chi connectivity index (χ2v) is 8.21. The van der Waals surface area contributed by atoms with Gasteiger partial charge in [-0.25, -0.2) is 9.37 Å². The summed E-state index contributed by atoms with van der Waals surface area (Å²) in [7, 11) is 0. The van der Waals surface area contributed by atoms with Gasteiger partial charge in [-0.1, -0.05) is 23.2 Å². The molecule has 0 saturated carbocycles. The lowest BCUT2D eigenvalue weighted by molar-refractivity contribution is 0.0601. The van der Waals surface area contributed by atoms with Gasteiger partial charge in [0, 0.05) is 53.8 Å². The Balaban J connectivity index is 1.52. The number of ether oxygens (including phenoxy) is 2. The molecular formula is C22H23Cl2FN4O2. The van der Waals surface area contributed by atoms with Gasteiger partial charge in [0.05, 0.1) is 14.0 Å². The second-order valence-electron chi connectivity index (χ2n) is 7.43. The van der Waals surface area contributed by atoms with Crippen LogP contribution in [0.1, 0.15) is 34.2 Å². The average Bonchev–Trinajstić information content (AvgIpc) is 3.20. The lowest BCUT2D eigenvalue weighted by Crippen LogP contribution is -2.20. The third-order valence-electron chi connectivity index (χ3n) is 5.19. The van der Waals surface area contributed by atoms with Gasteiger partial charge in [0.15, 0.2) is 11.6 Å². The predicted octanol–water partition coefficient (Wildman–Crippen LogP) is 5.54. The van der Waals surface area contributed by atoms with Crippen LogP contribution < -0.4 is 10.5 Å². The zero-order valence-corrected chi connectivity index (χ0v) is 18.3. The number of anilines is 1. The Morgan fingerprint density at radius 1 is 1.35 bits per heavy atom. The molecule has 31 heavy (non-hydrogen) atoms. The summed E-state index contributed by atoms with van der Waals surface area (Å²) in [5.74, 6) is 0.0239. The highest BCUT2D eigenvalue weighted by Gasteiger charge is 2.20. The molecule has 1 unspecified atom stereocenters. The number of hydrogen-bond acceptors (Lipinski definition) is 5. The first-order valence-corrected chi connectivity index (χ1v) is 10.6. The smallest absolute Gasteiger partial charge is 0.166 e. The molecule has 0 bridgehead atoms. The number of hydrogen-bond donors (Lipinski definition) is 1. The van der Waals surface area contributed by atoms with Gasteiger partial charge in [-0.3, -0.25) is 4.68 Å². The van der Waals surface area contributed by atoms with E-state index in [1.165, 1.54) is 12.1 Å². The number of nitrogens with zero attached hydrogens (tertiary/aromatic N) is 3. The molecule has 6 nitrogen and oxygen atoms in total. The molecule has 2 N–H and O–H groups in total. The van der Waals surface area contributed by atoms with Crippen molar-refractivity contribution in [3.8, 4) is 16.9 Å². The van der Waals surface area contributed by atoms with Gasteiger partial charge in [0.1, 0.15) is 11.9 Å². The standard InChI is InChI=1S/C22H23Cl2FN4O2/c1-13(20-17(23)2-3-18(25)21(20)24)31-19-8-15(9-27-22(19)26)16-10-28-29(12-16)11-14-4-6-30-7-5-14/h2-3,8-10,12-14H,4-7,11H2,1H3,(H2,26,27)/t13-/m1/s1/i6D2/t13-,14?. The van der Waals surface area contributed by atoms with Crippen LogP contribution in [0.4, 0.5) is 10.2 Å². The van der Waals surface area contributed by atoms with Crippen LogP contribution in [-0.4, -0.2) is 27.9 Å². The zero-order valence-electron chi connectivity index (χ0n) is 18.8. The van der Waals surface area contributed by atoms with Crippen LogP contribution in [-0.2, 0) is 11.3 Å². The predicted molar refractivity (Wildman–Crippen MR) is 119 cm³/mol. The highest BCUT2D eigenvalue weighted by atomic mass is 35.5. The number of halogens is 3. The van der Waals surface area contributed by atoms with E-state index in [1.54, 1.807) is 30.1 Å². The fourth-order valence-corrected chi connectivity index (χ4v) is 4.16. The van der Waals surface area contributed by atoms with E-state index < -0.39 is 18.5 Å². The molecule has 4 rings (SSSR count). The number of nitrogen functional groups attached to an aromatic ring is 1. The Morgan fingerprint density at radius 2 is 2.19 bits per heavy atom. The van der Waals surface area contributed by atoms with Crippen molar-refractivity contribution in [2.75, 3.05) is 18.9 Å². The van der Waals surface area contributed by atoms with Crippen LogP contribution in [0.15, 0.2) is 36.8 Å².